The number of hydrogen-bond donors (Lipinski definition) is 0. The molecule has 4 heteroatoms. The van der Waals surface area contributed by atoms with Gasteiger partial charge in [-0.25, -0.2) is 8.42 Å². The van der Waals surface area contributed by atoms with E-state index >= 15 is 0 Å². The van der Waals surface area contributed by atoms with Crippen molar-refractivity contribution < 1.29 is 8.42 Å². The van der Waals surface area contributed by atoms with Crippen molar-refractivity contribution >= 4 is 10.0 Å². The van der Waals surface area contributed by atoms with Crippen LogP contribution >= 0.6 is 0 Å². The number of piperidine rings is 1. The zero-order chi connectivity index (χ0) is 14.6. The first-order valence-corrected chi connectivity index (χ1v) is 9.03. The summed E-state index contributed by atoms with van der Waals surface area (Å²) in [6, 6.07) is 0. The second-order valence-corrected chi connectivity index (χ2v) is 7.71. The van der Waals surface area contributed by atoms with Crippen LogP contribution in [0.15, 0.2) is 34.8 Å². The summed E-state index contributed by atoms with van der Waals surface area (Å²) in [5.74, 6) is 0. The zero-order valence-corrected chi connectivity index (χ0v) is 13.2. The Balaban J connectivity index is 2.05. The van der Waals surface area contributed by atoms with Crippen molar-refractivity contribution in [3.8, 4) is 0 Å². The molecule has 0 aromatic carbocycles. The normalized spacial score (nSPS) is 21.6. The Bertz CT molecular complexity index is 519. The molecular formula is C16H25NO2S. The van der Waals surface area contributed by atoms with E-state index in [0.29, 0.717) is 24.4 Å². The number of nitrogens with zero attached hydrogens (tertiary/aromatic N) is 1. The molecule has 1 saturated heterocycles. The van der Waals surface area contributed by atoms with Crippen LogP contribution < -0.4 is 0 Å². The van der Waals surface area contributed by atoms with Crippen molar-refractivity contribution in [1.82, 2.24) is 4.31 Å². The van der Waals surface area contributed by atoms with Crippen LogP contribution in [-0.2, 0) is 10.0 Å². The van der Waals surface area contributed by atoms with Gasteiger partial charge < -0.3 is 0 Å². The van der Waals surface area contributed by atoms with E-state index in [1.807, 2.05) is 12.2 Å². The molecule has 1 heterocycles. The first-order chi connectivity index (χ1) is 9.54. The highest BCUT2D eigenvalue weighted by atomic mass is 32.2. The summed E-state index contributed by atoms with van der Waals surface area (Å²) in [4.78, 5) is 0.588. The van der Waals surface area contributed by atoms with Gasteiger partial charge in [0.25, 0.3) is 0 Å². The predicted octanol–water partition coefficient (Wildman–Crippen LogP) is 3.76. The van der Waals surface area contributed by atoms with Crippen LogP contribution in [-0.4, -0.2) is 25.8 Å². The molecule has 0 spiro atoms. The quantitative estimate of drug-likeness (QED) is 0.724. The first-order valence-electron chi connectivity index (χ1n) is 7.59. The smallest absolute Gasteiger partial charge is 0.207 e. The van der Waals surface area contributed by atoms with E-state index < -0.39 is 10.0 Å². The highest BCUT2D eigenvalue weighted by Gasteiger charge is 2.29. The van der Waals surface area contributed by atoms with E-state index in [1.54, 1.807) is 4.31 Å². The molecule has 0 radical (unpaired) electrons. The van der Waals surface area contributed by atoms with Crippen molar-refractivity contribution in [2.45, 2.75) is 51.9 Å². The minimum absolute atomic E-state index is 0.588. The van der Waals surface area contributed by atoms with Crippen molar-refractivity contribution in [2.24, 2.45) is 0 Å². The molecule has 0 aromatic rings. The fraction of sp³-hybridized carbons (Fsp3) is 0.625. The Morgan fingerprint density at radius 1 is 1.15 bits per heavy atom. The number of sulfonamides is 1. The lowest BCUT2D eigenvalue weighted by Crippen LogP contribution is -2.37. The fourth-order valence-electron chi connectivity index (χ4n) is 2.70. The van der Waals surface area contributed by atoms with Gasteiger partial charge in [-0.05, 0) is 44.6 Å². The summed E-state index contributed by atoms with van der Waals surface area (Å²) in [6.07, 6.45) is 10.5. The highest BCUT2D eigenvalue weighted by Crippen LogP contribution is 2.29. The molecule has 1 aliphatic carbocycles. The van der Waals surface area contributed by atoms with Crippen LogP contribution in [0.4, 0.5) is 0 Å². The van der Waals surface area contributed by atoms with Gasteiger partial charge in [0.15, 0.2) is 0 Å². The van der Waals surface area contributed by atoms with Gasteiger partial charge in [0.05, 0.1) is 4.91 Å². The molecule has 0 atom stereocenters. The van der Waals surface area contributed by atoms with Crippen LogP contribution in [0, 0.1) is 0 Å². The van der Waals surface area contributed by atoms with E-state index in [1.165, 1.54) is 18.4 Å². The minimum Gasteiger partial charge on any atom is -0.207 e. The number of unbranched alkanes of at least 4 members (excludes halogenated alkanes) is 1. The molecule has 0 aromatic heterocycles. The Hall–Kier alpha value is -0.870. The van der Waals surface area contributed by atoms with Crippen molar-refractivity contribution in [2.75, 3.05) is 13.1 Å². The predicted molar refractivity (Wildman–Crippen MR) is 83.8 cm³/mol. The third-order valence-corrected chi connectivity index (χ3v) is 6.20. The summed E-state index contributed by atoms with van der Waals surface area (Å²) in [5.41, 5.74) is 2.55. The number of allylic oxidation sites excluding steroid dienone is 4. The second kappa shape index (κ2) is 6.72. The Kier molecular flexibility index (Phi) is 5.22. The topological polar surface area (TPSA) is 37.4 Å². The molecule has 0 N–H and O–H groups in total. The van der Waals surface area contributed by atoms with E-state index in [0.717, 1.165) is 31.3 Å². The minimum atomic E-state index is -3.24. The molecule has 0 saturated carbocycles. The third-order valence-electron chi connectivity index (χ3n) is 4.15. The van der Waals surface area contributed by atoms with Crippen LogP contribution in [0.5, 0.6) is 0 Å². The Labute approximate surface area is 123 Å². The molecule has 0 amide bonds. The van der Waals surface area contributed by atoms with Gasteiger partial charge in [-0.2, -0.15) is 4.31 Å². The summed E-state index contributed by atoms with van der Waals surface area (Å²) < 4.78 is 26.8. The molecule has 112 valence electrons. The van der Waals surface area contributed by atoms with Crippen molar-refractivity contribution in [3.05, 3.63) is 34.8 Å². The average molecular weight is 295 g/mol. The van der Waals surface area contributed by atoms with Gasteiger partial charge in [0, 0.05) is 13.1 Å². The van der Waals surface area contributed by atoms with E-state index in [-0.39, 0.29) is 0 Å². The maximum atomic E-state index is 12.6. The first kappa shape index (κ1) is 15.5. The fourth-order valence-corrected chi connectivity index (χ4v) is 4.29. The lowest BCUT2D eigenvalue weighted by Gasteiger charge is -2.29. The molecule has 0 bridgehead atoms. The van der Waals surface area contributed by atoms with Gasteiger partial charge in [0.1, 0.15) is 0 Å². The SMILES string of the molecule is C=C1CCN(S(=O)(=O)C2=CC=C(CCCC)CC2)CC1. The molecule has 2 rings (SSSR count). The molecular weight excluding hydrogens is 270 g/mol. The molecule has 0 unspecified atom stereocenters. The van der Waals surface area contributed by atoms with Crippen LogP contribution in [0.25, 0.3) is 0 Å². The largest absolute Gasteiger partial charge is 0.239 e. The average Bonchev–Trinajstić information content (AvgIpc) is 2.46. The molecule has 1 aliphatic heterocycles. The van der Waals surface area contributed by atoms with Gasteiger partial charge in [-0.1, -0.05) is 37.1 Å². The molecule has 20 heavy (non-hydrogen) atoms. The molecule has 3 nitrogen and oxygen atoms in total. The van der Waals surface area contributed by atoms with E-state index in [2.05, 4.69) is 13.5 Å². The second-order valence-electron chi connectivity index (χ2n) is 5.72. The maximum absolute atomic E-state index is 12.6. The number of hydrogen-bond acceptors (Lipinski definition) is 2. The Morgan fingerprint density at radius 2 is 1.85 bits per heavy atom. The van der Waals surface area contributed by atoms with Crippen molar-refractivity contribution in [3.63, 3.8) is 0 Å². The zero-order valence-electron chi connectivity index (χ0n) is 12.4. The summed E-state index contributed by atoms with van der Waals surface area (Å²) >= 11 is 0. The molecule has 1 fully saturated rings. The maximum Gasteiger partial charge on any atom is 0.239 e. The van der Waals surface area contributed by atoms with E-state index in [9.17, 15) is 8.42 Å². The van der Waals surface area contributed by atoms with Gasteiger partial charge in [-0.15, -0.1) is 0 Å². The summed E-state index contributed by atoms with van der Waals surface area (Å²) in [5, 5.41) is 0. The van der Waals surface area contributed by atoms with Crippen molar-refractivity contribution in [1.29, 1.82) is 0 Å². The lowest BCUT2D eigenvalue weighted by atomic mass is 10.00. The lowest BCUT2D eigenvalue weighted by molar-refractivity contribution is 0.390. The van der Waals surface area contributed by atoms with E-state index in [4.69, 9.17) is 0 Å². The number of rotatable bonds is 5. The summed E-state index contributed by atoms with van der Waals surface area (Å²) in [7, 11) is -3.24. The van der Waals surface area contributed by atoms with Gasteiger partial charge >= 0.3 is 0 Å². The standard InChI is InChI=1S/C16H25NO2S/c1-3-4-5-15-6-8-16(9-7-15)20(18,19)17-12-10-14(2)11-13-17/h6,8H,2-5,7,9-13H2,1H3. The highest BCUT2D eigenvalue weighted by molar-refractivity contribution is 7.93. The monoisotopic (exact) mass is 295 g/mol. The van der Waals surface area contributed by atoms with Gasteiger partial charge in [-0.3, -0.25) is 0 Å². The van der Waals surface area contributed by atoms with Crippen LogP contribution in [0.2, 0.25) is 0 Å². The summed E-state index contributed by atoms with van der Waals surface area (Å²) in [6.45, 7) is 7.29. The van der Waals surface area contributed by atoms with Gasteiger partial charge in [0.2, 0.25) is 10.0 Å². The van der Waals surface area contributed by atoms with Crippen LogP contribution in [0.1, 0.15) is 51.9 Å². The molecule has 2 aliphatic rings. The third kappa shape index (κ3) is 3.61. The Morgan fingerprint density at radius 3 is 2.40 bits per heavy atom. The van der Waals surface area contributed by atoms with Crippen LogP contribution in [0.3, 0.4) is 0 Å².